The third kappa shape index (κ3) is 3.03. The molecular weight excluding hydrogens is 224 g/mol. The lowest BCUT2D eigenvalue weighted by Crippen LogP contribution is -2.30. The molecule has 1 atom stereocenters. The van der Waals surface area contributed by atoms with Crippen LogP contribution in [0.25, 0.3) is 0 Å². The molecule has 1 aliphatic carbocycles. The fraction of sp³-hybridized carbons (Fsp3) is 0.600. The number of hydrogen-bond donors (Lipinski definition) is 2. The predicted octanol–water partition coefficient (Wildman–Crippen LogP) is 3.09. The van der Waals surface area contributed by atoms with Gasteiger partial charge in [0.25, 0.3) is 0 Å². The normalized spacial score (nSPS) is 17.9. The van der Waals surface area contributed by atoms with Gasteiger partial charge in [0, 0.05) is 6.04 Å². The Morgan fingerprint density at radius 1 is 1.39 bits per heavy atom. The maximum absolute atomic E-state index is 5.74. The van der Waals surface area contributed by atoms with Crippen molar-refractivity contribution in [1.82, 2.24) is 5.43 Å². The van der Waals surface area contributed by atoms with E-state index in [9.17, 15) is 0 Å². The summed E-state index contributed by atoms with van der Waals surface area (Å²) in [5, 5.41) is 0. The van der Waals surface area contributed by atoms with E-state index < -0.39 is 0 Å². The van der Waals surface area contributed by atoms with Crippen molar-refractivity contribution in [2.24, 2.45) is 11.8 Å². The van der Waals surface area contributed by atoms with Crippen molar-refractivity contribution < 1.29 is 4.74 Å². The van der Waals surface area contributed by atoms with Gasteiger partial charge in [-0.2, -0.15) is 0 Å². The molecule has 3 N–H and O–H groups in total. The Balaban J connectivity index is 2.10. The fourth-order valence-electron chi connectivity index (χ4n) is 3.03. The Hall–Kier alpha value is -1.06. The van der Waals surface area contributed by atoms with Crippen LogP contribution < -0.4 is 16.0 Å². The van der Waals surface area contributed by atoms with Crippen molar-refractivity contribution >= 4 is 0 Å². The van der Waals surface area contributed by atoms with Gasteiger partial charge in [0.15, 0.2) is 0 Å². The van der Waals surface area contributed by atoms with Crippen molar-refractivity contribution in [3.63, 3.8) is 0 Å². The van der Waals surface area contributed by atoms with Gasteiger partial charge in [0.2, 0.25) is 0 Å². The van der Waals surface area contributed by atoms with Gasteiger partial charge in [-0.25, -0.2) is 0 Å². The summed E-state index contributed by atoms with van der Waals surface area (Å²) < 4.78 is 5.25. The first-order valence-corrected chi connectivity index (χ1v) is 6.85. The van der Waals surface area contributed by atoms with Crippen molar-refractivity contribution in [3.05, 3.63) is 29.3 Å². The average molecular weight is 248 g/mol. The summed E-state index contributed by atoms with van der Waals surface area (Å²) in [6.45, 7) is 2.12. The first-order valence-electron chi connectivity index (χ1n) is 6.85. The second-order valence-corrected chi connectivity index (χ2v) is 5.33. The van der Waals surface area contributed by atoms with Gasteiger partial charge in [-0.1, -0.05) is 31.7 Å². The van der Waals surface area contributed by atoms with Gasteiger partial charge in [0.05, 0.1) is 7.11 Å². The zero-order chi connectivity index (χ0) is 13.0. The van der Waals surface area contributed by atoms with E-state index in [0.29, 0.717) is 0 Å². The molecule has 0 heterocycles. The summed E-state index contributed by atoms with van der Waals surface area (Å²) in [5.74, 6) is 7.48. The molecule has 100 valence electrons. The smallest absolute Gasteiger partial charge is 0.119 e. The third-order valence-electron chi connectivity index (χ3n) is 4.10. The van der Waals surface area contributed by atoms with Gasteiger partial charge in [-0.3, -0.25) is 11.3 Å². The van der Waals surface area contributed by atoms with Crippen LogP contribution in [0.3, 0.4) is 0 Å². The number of nitrogens with one attached hydrogen (secondary N) is 1. The summed E-state index contributed by atoms with van der Waals surface area (Å²) in [4.78, 5) is 0. The quantitative estimate of drug-likeness (QED) is 0.622. The average Bonchev–Trinajstić information content (AvgIpc) is 2.89. The number of ether oxygens (including phenoxy) is 1. The molecular formula is C15H24N2O. The van der Waals surface area contributed by atoms with Gasteiger partial charge in [-0.05, 0) is 42.5 Å². The van der Waals surface area contributed by atoms with E-state index >= 15 is 0 Å². The minimum atomic E-state index is 0.263. The van der Waals surface area contributed by atoms with E-state index in [1.807, 2.05) is 6.07 Å². The van der Waals surface area contributed by atoms with E-state index in [0.717, 1.165) is 18.1 Å². The van der Waals surface area contributed by atoms with Crippen LogP contribution in [0.5, 0.6) is 5.75 Å². The molecule has 1 aliphatic rings. The number of rotatable bonds is 5. The topological polar surface area (TPSA) is 47.3 Å². The maximum atomic E-state index is 5.74. The lowest BCUT2D eigenvalue weighted by Gasteiger charge is -2.22. The number of nitrogens with two attached hydrogens (primary N) is 1. The third-order valence-corrected chi connectivity index (χ3v) is 4.10. The lowest BCUT2D eigenvalue weighted by atomic mass is 9.91. The number of benzene rings is 1. The van der Waals surface area contributed by atoms with Gasteiger partial charge in [0.1, 0.15) is 5.75 Å². The molecule has 1 saturated carbocycles. The number of hydrazine groups is 1. The largest absolute Gasteiger partial charge is 0.497 e. The molecule has 0 aromatic heterocycles. The van der Waals surface area contributed by atoms with Crippen LogP contribution in [0.15, 0.2) is 18.2 Å². The van der Waals surface area contributed by atoms with Gasteiger partial charge < -0.3 is 4.74 Å². The first-order chi connectivity index (χ1) is 8.74. The molecule has 1 aromatic rings. The Morgan fingerprint density at radius 3 is 2.67 bits per heavy atom. The highest BCUT2D eigenvalue weighted by molar-refractivity contribution is 5.36. The van der Waals surface area contributed by atoms with E-state index in [2.05, 4.69) is 24.5 Å². The van der Waals surface area contributed by atoms with Crippen molar-refractivity contribution in [2.75, 3.05) is 7.11 Å². The zero-order valence-corrected chi connectivity index (χ0v) is 11.4. The lowest BCUT2D eigenvalue weighted by molar-refractivity contribution is 0.396. The van der Waals surface area contributed by atoms with Crippen LogP contribution in [-0.2, 0) is 0 Å². The fourth-order valence-corrected chi connectivity index (χ4v) is 3.03. The molecule has 1 fully saturated rings. The standard InChI is InChI=1S/C15H24N2O/c1-11-9-13(18-2)7-8-14(11)15(17-16)10-12-5-3-4-6-12/h7-9,12,15,17H,3-6,10,16H2,1-2H3. The molecule has 3 nitrogen and oxygen atoms in total. The second-order valence-electron chi connectivity index (χ2n) is 5.33. The summed E-state index contributed by atoms with van der Waals surface area (Å²) in [6, 6.07) is 6.49. The second kappa shape index (κ2) is 6.21. The van der Waals surface area contributed by atoms with Crippen molar-refractivity contribution in [2.45, 2.75) is 45.1 Å². The number of methoxy groups -OCH3 is 1. The summed E-state index contributed by atoms with van der Waals surface area (Å²) in [5.41, 5.74) is 5.52. The summed E-state index contributed by atoms with van der Waals surface area (Å²) in [6.07, 6.45) is 6.61. The molecule has 0 bridgehead atoms. The number of aryl methyl sites for hydroxylation is 1. The molecule has 1 aromatic carbocycles. The predicted molar refractivity (Wildman–Crippen MR) is 74.4 cm³/mol. The Labute approximate surface area is 110 Å². The minimum absolute atomic E-state index is 0.263. The SMILES string of the molecule is COc1ccc(C(CC2CCCC2)NN)c(C)c1. The molecule has 2 rings (SSSR count). The maximum Gasteiger partial charge on any atom is 0.119 e. The Kier molecular flexibility index (Phi) is 4.61. The molecule has 0 spiro atoms. The van der Waals surface area contributed by atoms with Crippen molar-refractivity contribution in [1.29, 1.82) is 0 Å². The summed E-state index contributed by atoms with van der Waals surface area (Å²) in [7, 11) is 1.70. The van der Waals surface area contributed by atoms with Crippen LogP contribution in [0, 0.1) is 12.8 Å². The Bertz CT molecular complexity index is 386. The molecule has 3 heteroatoms. The zero-order valence-electron chi connectivity index (χ0n) is 11.4. The van der Waals surface area contributed by atoms with Crippen LogP contribution >= 0.6 is 0 Å². The molecule has 0 saturated heterocycles. The molecule has 18 heavy (non-hydrogen) atoms. The number of hydrogen-bond acceptors (Lipinski definition) is 3. The van der Waals surface area contributed by atoms with E-state index in [-0.39, 0.29) is 6.04 Å². The Morgan fingerprint density at radius 2 is 2.11 bits per heavy atom. The van der Waals surface area contributed by atoms with Crippen molar-refractivity contribution in [3.8, 4) is 5.75 Å². The van der Waals surface area contributed by atoms with Crippen LogP contribution in [-0.4, -0.2) is 7.11 Å². The molecule has 0 aliphatic heterocycles. The molecule has 1 unspecified atom stereocenters. The van der Waals surface area contributed by atoms with Gasteiger partial charge >= 0.3 is 0 Å². The van der Waals surface area contributed by atoms with E-state index in [4.69, 9.17) is 10.6 Å². The summed E-state index contributed by atoms with van der Waals surface area (Å²) >= 11 is 0. The monoisotopic (exact) mass is 248 g/mol. The highest BCUT2D eigenvalue weighted by Gasteiger charge is 2.21. The molecule has 0 amide bonds. The van der Waals surface area contributed by atoms with Crippen LogP contribution in [0.4, 0.5) is 0 Å². The van der Waals surface area contributed by atoms with Crippen LogP contribution in [0.2, 0.25) is 0 Å². The van der Waals surface area contributed by atoms with Gasteiger partial charge in [-0.15, -0.1) is 0 Å². The van der Waals surface area contributed by atoms with E-state index in [1.165, 1.54) is 36.8 Å². The van der Waals surface area contributed by atoms with E-state index in [1.54, 1.807) is 7.11 Å². The molecule has 0 radical (unpaired) electrons. The van der Waals surface area contributed by atoms with Crippen LogP contribution in [0.1, 0.15) is 49.3 Å². The highest BCUT2D eigenvalue weighted by Crippen LogP contribution is 2.34. The highest BCUT2D eigenvalue weighted by atomic mass is 16.5. The minimum Gasteiger partial charge on any atom is -0.497 e. The first kappa shape index (κ1) is 13.4.